The van der Waals surface area contributed by atoms with Crippen LogP contribution < -0.4 is 0 Å². The molecule has 66 valence electrons. The third kappa shape index (κ3) is 2.65. The normalized spacial score (nSPS) is 31.1. The van der Waals surface area contributed by atoms with E-state index in [-0.39, 0.29) is 0 Å². The summed E-state index contributed by atoms with van der Waals surface area (Å²) in [5.74, 6) is 2.19. The zero-order valence-corrected chi connectivity index (χ0v) is 8.02. The van der Waals surface area contributed by atoms with E-state index >= 15 is 0 Å². The summed E-state index contributed by atoms with van der Waals surface area (Å²) in [4.78, 5) is 0. The van der Waals surface area contributed by atoms with Crippen molar-refractivity contribution >= 4 is 11.8 Å². The first-order valence-electron chi connectivity index (χ1n) is 4.19. The molecule has 1 fully saturated rings. The molecular weight excluding hydrogens is 160 g/mol. The van der Waals surface area contributed by atoms with Gasteiger partial charge < -0.3 is 9.47 Å². The van der Waals surface area contributed by atoms with Gasteiger partial charge in [0.25, 0.3) is 0 Å². The summed E-state index contributed by atoms with van der Waals surface area (Å²) < 4.78 is 11.0. The van der Waals surface area contributed by atoms with Crippen LogP contribution in [0.3, 0.4) is 0 Å². The Hall–Kier alpha value is 0.270. The molecule has 0 radical (unpaired) electrons. The molecular formula is C8H16O2S. The maximum Gasteiger partial charge on any atom is 0.0934 e. The third-order valence-electron chi connectivity index (χ3n) is 1.74. The molecule has 0 aromatic rings. The highest BCUT2D eigenvalue weighted by Gasteiger charge is 2.28. The number of rotatable bonds is 4. The van der Waals surface area contributed by atoms with Crippen LogP contribution in [0.15, 0.2) is 0 Å². The topological polar surface area (TPSA) is 18.5 Å². The van der Waals surface area contributed by atoms with Crippen molar-refractivity contribution in [3.63, 3.8) is 0 Å². The Bertz CT molecular complexity index is 96.3. The van der Waals surface area contributed by atoms with Crippen LogP contribution in [-0.4, -0.2) is 36.9 Å². The van der Waals surface area contributed by atoms with Crippen molar-refractivity contribution in [2.24, 2.45) is 0 Å². The molecule has 1 aliphatic heterocycles. The van der Waals surface area contributed by atoms with E-state index in [4.69, 9.17) is 9.47 Å². The number of ether oxygens (including phenoxy) is 2. The third-order valence-corrected chi connectivity index (χ3v) is 2.87. The van der Waals surface area contributed by atoms with Gasteiger partial charge in [0.2, 0.25) is 0 Å². The second kappa shape index (κ2) is 5.01. The van der Waals surface area contributed by atoms with Gasteiger partial charge in [0.15, 0.2) is 0 Å². The van der Waals surface area contributed by atoms with Crippen LogP contribution in [0.2, 0.25) is 0 Å². The highest BCUT2D eigenvalue weighted by atomic mass is 32.2. The summed E-state index contributed by atoms with van der Waals surface area (Å²) in [6.45, 7) is 5.67. The SMILES string of the molecule is CCOC1CSCC1OCC. The molecule has 3 heteroatoms. The van der Waals surface area contributed by atoms with Crippen LogP contribution in [0.4, 0.5) is 0 Å². The first-order chi connectivity index (χ1) is 5.38. The lowest BCUT2D eigenvalue weighted by atomic mass is 10.2. The molecule has 0 aliphatic carbocycles. The van der Waals surface area contributed by atoms with Crippen molar-refractivity contribution in [1.29, 1.82) is 0 Å². The minimum atomic E-state index is 0.338. The fourth-order valence-corrected chi connectivity index (χ4v) is 2.48. The van der Waals surface area contributed by atoms with E-state index in [1.165, 1.54) is 0 Å². The smallest absolute Gasteiger partial charge is 0.0934 e. The molecule has 0 saturated carbocycles. The standard InChI is InChI=1S/C8H16O2S/c1-3-9-7-5-11-6-8(7)10-4-2/h7-8H,3-6H2,1-2H3. The van der Waals surface area contributed by atoms with Gasteiger partial charge in [0.1, 0.15) is 0 Å². The largest absolute Gasteiger partial charge is 0.375 e. The average molecular weight is 176 g/mol. The van der Waals surface area contributed by atoms with E-state index in [9.17, 15) is 0 Å². The predicted octanol–water partition coefficient (Wildman–Crippen LogP) is 1.54. The van der Waals surface area contributed by atoms with Crippen LogP contribution in [0.25, 0.3) is 0 Å². The minimum absolute atomic E-state index is 0.338. The van der Waals surface area contributed by atoms with E-state index in [2.05, 4.69) is 0 Å². The minimum Gasteiger partial charge on any atom is -0.375 e. The van der Waals surface area contributed by atoms with Gasteiger partial charge in [0.05, 0.1) is 12.2 Å². The summed E-state index contributed by atoms with van der Waals surface area (Å²) in [6, 6.07) is 0. The maximum atomic E-state index is 5.52. The molecule has 0 bridgehead atoms. The van der Waals surface area contributed by atoms with Gasteiger partial charge in [-0.05, 0) is 13.8 Å². The molecule has 0 amide bonds. The molecule has 1 rings (SSSR count). The quantitative estimate of drug-likeness (QED) is 0.647. The van der Waals surface area contributed by atoms with Gasteiger partial charge in [-0.2, -0.15) is 11.8 Å². The number of hydrogen-bond acceptors (Lipinski definition) is 3. The van der Waals surface area contributed by atoms with Crippen molar-refractivity contribution in [2.45, 2.75) is 26.1 Å². The van der Waals surface area contributed by atoms with Gasteiger partial charge in [-0.1, -0.05) is 0 Å². The molecule has 1 aliphatic rings. The monoisotopic (exact) mass is 176 g/mol. The van der Waals surface area contributed by atoms with Crippen molar-refractivity contribution in [1.82, 2.24) is 0 Å². The summed E-state index contributed by atoms with van der Waals surface area (Å²) in [5.41, 5.74) is 0. The van der Waals surface area contributed by atoms with E-state index in [0.29, 0.717) is 12.2 Å². The fraction of sp³-hybridized carbons (Fsp3) is 1.00. The summed E-state index contributed by atoms with van der Waals surface area (Å²) >= 11 is 1.92. The zero-order chi connectivity index (χ0) is 8.10. The molecule has 11 heavy (non-hydrogen) atoms. The predicted molar refractivity (Wildman–Crippen MR) is 48.2 cm³/mol. The van der Waals surface area contributed by atoms with Gasteiger partial charge in [-0.25, -0.2) is 0 Å². The van der Waals surface area contributed by atoms with Crippen LogP contribution in [0, 0.1) is 0 Å². The highest BCUT2D eigenvalue weighted by Crippen LogP contribution is 2.23. The fourth-order valence-electron chi connectivity index (χ4n) is 1.25. The van der Waals surface area contributed by atoms with Crippen LogP contribution >= 0.6 is 11.8 Å². The molecule has 1 saturated heterocycles. The molecule has 1 heterocycles. The highest BCUT2D eigenvalue weighted by molar-refractivity contribution is 7.99. The number of hydrogen-bond donors (Lipinski definition) is 0. The van der Waals surface area contributed by atoms with Crippen LogP contribution in [-0.2, 0) is 9.47 Å². The lowest BCUT2D eigenvalue weighted by Gasteiger charge is -2.17. The first-order valence-corrected chi connectivity index (χ1v) is 5.34. The summed E-state index contributed by atoms with van der Waals surface area (Å²) in [5, 5.41) is 0. The van der Waals surface area contributed by atoms with E-state index in [1.807, 2.05) is 25.6 Å². The van der Waals surface area contributed by atoms with Crippen molar-refractivity contribution < 1.29 is 9.47 Å². The molecule has 2 nitrogen and oxygen atoms in total. The van der Waals surface area contributed by atoms with Crippen molar-refractivity contribution in [2.75, 3.05) is 24.7 Å². The molecule has 0 spiro atoms. The van der Waals surface area contributed by atoms with E-state index in [1.54, 1.807) is 0 Å². The van der Waals surface area contributed by atoms with Crippen LogP contribution in [0.5, 0.6) is 0 Å². The Morgan fingerprint density at radius 1 is 1.09 bits per heavy atom. The Morgan fingerprint density at radius 2 is 1.55 bits per heavy atom. The first kappa shape index (κ1) is 9.36. The Morgan fingerprint density at radius 3 is 1.91 bits per heavy atom. The molecule has 0 aromatic heterocycles. The second-order valence-electron chi connectivity index (χ2n) is 2.53. The molecule has 2 atom stereocenters. The lowest BCUT2D eigenvalue weighted by molar-refractivity contribution is -0.0388. The Balaban J connectivity index is 2.25. The number of thioether (sulfide) groups is 1. The molecule has 2 unspecified atom stereocenters. The summed E-state index contributed by atoms with van der Waals surface area (Å²) in [6.07, 6.45) is 0.676. The van der Waals surface area contributed by atoms with E-state index < -0.39 is 0 Å². The van der Waals surface area contributed by atoms with Gasteiger partial charge in [-0.15, -0.1) is 0 Å². The summed E-state index contributed by atoms with van der Waals surface area (Å²) in [7, 11) is 0. The average Bonchev–Trinajstić information content (AvgIpc) is 2.39. The zero-order valence-electron chi connectivity index (χ0n) is 7.21. The Labute approximate surface area is 72.6 Å². The second-order valence-corrected chi connectivity index (χ2v) is 3.60. The van der Waals surface area contributed by atoms with Crippen LogP contribution in [0.1, 0.15) is 13.8 Å². The lowest BCUT2D eigenvalue weighted by Crippen LogP contribution is -2.29. The molecule has 0 N–H and O–H groups in total. The molecule has 0 aromatic carbocycles. The van der Waals surface area contributed by atoms with Crippen molar-refractivity contribution in [3.8, 4) is 0 Å². The van der Waals surface area contributed by atoms with Gasteiger partial charge in [0, 0.05) is 24.7 Å². The van der Waals surface area contributed by atoms with Crippen molar-refractivity contribution in [3.05, 3.63) is 0 Å². The Kier molecular flexibility index (Phi) is 4.26. The van der Waals surface area contributed by atoms with E-state index in [0.717, 1.165) is 24.7 Å². The maximum absolute atomic E-state index is 5.52. The van der Waals surface area contributed by atoms with Gasteiger partial charge >= 0.3 is 0 Å². The van der Waals surface area contributed by atoms with Gasteiger partial charge in [-0.3, -0.25) is 0 Å².